The molecule has 7 heteroatoms. The SMILES string of the molecule is Cc1cnc(C(=O)N2C[C@@H]3CC[C@H]2CN(c2cnccn2)C3)cn1. The van der Waals surface area contributed by atoms with E-state index in [2.05, 4.69) is 24.8 Å². The first-order valence-electron chi connectivity index (χ1n) is 8.31. The summed E-state index contributed by atoms with van der Waals surface area (Å²) in [4.78, 5) is 34.1. The summed E-state index contributed by atoms with van der Waals surface area (Å²) in [5, 5.41) is 0. The third-order valence-corrected chi connectivity index (χ3v) is 4.85. The second-order valence-electron chi connectivity index (χ2n) is 6.57. The summed E-state index contributed by atoms with van der Waals surface area (Å²) in [6.45, 7) is 4.35. The summed E-state index contributed by atoms with van der Waals surface area (Å²) in [6.07, 6.45) is 10.6. The van der Waals surface area contributed by atoms with Gasteiger partial charge in [-0.1, -0.05) is 0 Å². The van der Waals surface area contributed by atoms with E-state index < -0.39 is 0 Å². The highest BCUT2D eigenvalue weighted by molar-refractivity contribution is 5.92. The molecule has 3 aliphatic rings. The number of hydrogen-bond acceptors (Lipinski definition) is 6. The Morgan fingerprint density at radius 3 is 2.71 bits per heavy atom. The van der Waals surface area contributed by atoms with Crippen LogP contribution >= 0.6 is 0 Å². The maximum Gasteiger partial charge on any atom is 0.274 e. The predicted molar refractivity (Wildman–Crippen MR) is 88.6 cm³/mol. The highest BCUT2D eigenvalue weighted by Gasteiger charge is 2.38. The fourth-order valence-corrected chi connectivity index (χ4v) is 3.62. The molecule has 3 fully saturated rings. The molecule has 3 saturated heterocycles. The van der Waals surface area contributed by atoms with Crippen LogP contribution in [0.4, 0.5) is 5.82 Å². The van der Waals surface area contributed by atoms with Crippen molar-refractivity contribution < 1.29 is 4.79 Å². The number of carbonyl (C=O) groups is 1. The third-order valence-electron chi connectivity index (χ3n) is 4.85. The molecule has 0 radical (unpaired) electrons. The van der Waals surface area contributed by atoms with Crippen molar-refractivity contribution in [3.8, 4) is 0 Å². The van der Waals surface area contributed by atoms with Crippen molar-refractivity contribution in [3.63, 3.8) is 0 Å². The Hall–Kier alpha value is -2.57. The lowest BCUT2D eigenvalue weighted by Crippen LogP contribution is -2.47. The standard InChI is InChI=1S/C17H20N6O/c1-12-6-21-15(7-20-12)17(24)23-10-13-2-3-14(23)11-22(9-13)16-8-18-4-5-19-16/h4-8,13-14H,2-3,9-11H2,1H3/t13-,14+/m1/s1. The zero-order valence-electron chi connectivity index (χ0n) is 13.7. The summed E-state index contributed by atoms with van der Waals surface area (Å²) >= 11 is 0. The Kier molecular flexibility index (Phi) is 3.84. The van der Waals surface area contributed by atoms with Crippen molar-refractivity contribution in [2.45, 2.75) is 25.8 Å². The molecule has 124 valence electrons. The summed E-state index contributed by atoms with van der Waals surface area (Å²) < 4.78 is 0. The first kappa shape index (κ1) is 15.0. The maximum atomic E-state index is 12.9. The van der Waals surface area contributed by atoms with Gasteiger partial charge in [-0.15, -0.1) is 0 Å². The largest absolute Gasteiger partial charge is 0.353 e. The molecule has 7 nitrogen and oxygen atoms in total. The van der Waals surface area contributed by atoms with Crippen molar-refractivity contribution >= 4 is 11.7 Å². The lowest BCUT2D eigenvalue weighted by atomic mass is 9.95. The van der Waals surface area contributed by atoms with Crippen LogP contribution in [0.5, 0.6) is 0 Å². The van der Waals surface area contributed by atoms with Gasteiger partial charge in [0.15, 0.2) is 0 Å². The number of nitrogens with zero attached hydrogens (tertiary/aromatic N) is 6. The Bertz CT molecular complexity index is 720. The fourth-order valence-electron chi connectivity index (χ4n) is 3.62. The summed E-state index contributed by atoms with van der Waals surface area (Å²) in [5.41, 5.74) is 1.25. The number of amides is 1. The molecule has 0 saturated carbocycles. The normalized spacial score (nSPS) is 23.2. The van der Waals surface area contributed by atoms with Crippen molar-refractivity contribution in [1.82, 2.24) is 24.8 Å². The minimum absolute atomic E-state index is 0.0156. The van der Waals surface area contributed by atoms with Crippen molar-refractivity contribution in [2.75, 3.05) is 24.5 Å². The van der Waals surface area contributed by atoms with Crippen LogP contribution in [-0.2, 0) is 0 Å². The molecule has 0 N–H and O–H groups in total. The van der Waals surface area contributed by atoms with Gasteiger partial charge in [-0.2, -0.15) is 0 Å². The molecule has 2 bridgehead atoms. The predicted octanol–water partition coefficient (Wildman–Crippen LogP) is 1.32. The van der Waals surface area contributed by atoms with E-state index in [0.29, 0.717) is 11.6 Å². The molecule has 24 heavy (non-hydrogen) atoms. The molecule has 1 amide bonds. The lowest BCUT2D eigenvalue weighted by molar-refractivity contribution is 0.0585. The minimum atomic E-state index is -0.0156. The van der Waals surface area contributed by atoms with Crippen LogP contribution in [0.25, 0.3) is 0 Å². The molecule has 2 atom stereocenters. The molecular formula is C17H20N6O. The Morgan fingerprint density at radius 2 is 1.96 bits per heavy atom. The number of aromatic nitrogens is 4. The zero-order chi connectivity index (χ0) is 16.5. The van der Waals surface area contributed by atoms with E-state index in [1.165, 1.54) is 0 Å². The van der Waals surface area contributed by atoms with Crippen LogP contribution in [-0.4, -0.2) is 56.4 Å². The minimum Gasteiger partial charge on any atom is -0.353 e. The molecule has 3 aliphatic heterocycles. The Labute approximate surface area is 140 Å². The number of piperidine rings is 1. The van der Waals surface area contributed by atoms with Gasteiger partial charge in [-0.05, 0) is 25.7 Å². The molecule has 2 aromatic rings. The van der Waals surface area contributed by atoms with Crippen molar-refractivity contribution in [3.05, 3.63) is 42.4 Å². The summed E-state index contributed by atoms with van der Waals surface area (Å²) in [5.74, 6) is 1.32. The number of rotatable bonds is 2. The van der Waals surface area contributed by atoms with Crippen LogP contribution in [0.3, 0.4) is 0 Å². The van der Waals surface area contributed by atoms with E-state index in [-0.39, 0.29) is 11.9 Å². The maximum absolute atomic E-state index is 12.9. The molecule has 0 aliphatic carbocycles. The van der Waals surface area contributed by atoms with E-state index in [4.69, 9.17) is 0 Å². The summed E-state index contributed by atoms with van der Waals surface area (Å²) in [7, 11) is 0. The van der Waals surface area contributed by atoms with Gasteiger partial charge in [0.05, 0.1) is 18.1 Å². The van der Waals surface area contributed by atoms with Gasteiger partial charge in [-0.3, -0.25) is 14.8 Å². The molecule has 5 rings (SSSR count). The van der Waals surface area contributed by atoms with E-state index in [1.807, 2.05) is 11.8 Å². The highest BCUT2D eigenvalue weighted by atomic mass is 16.2. The number of anilines is 1. The number of fused-ring (bicyclic) bond motifs is 4. The molecule has 0 unspecified atom stereocenters. The topological polar surface area (TPSA) is 75.1 Å². The van der Waals surface area contributed by atoms with Crippen molar-refractivity contribution in [1.29, 1.82) is 0 Å². The highest BCUT2D eigenvalue weighted by Crippen LogP contribution is 2.30. The van der Waals surface area contributed by atoms with Gasteiger partial charge in [0.2, 0.25) is 0 Å². The first-order valence-corrected chi connectivity index (χ1v) is 8.31. The quantitative estimate of drug-likeness (QED) is 0.829. The third kappa shape index (κ3) is 2.81. The van der Waals surface area contributed by atoms with Gasteiger partial charge in [-0.25, -0.2) is 9.97 Å². The number of carbonyl (C=O) groups excluding carboxylic acids is 1. The van der Waals surface area contributed by atoms with Crippen LogP contribution in [0.15, 0.2) is 31.0 Å². The molecule has 2 aromatic heterocycles. The average molecular weight is 324 g/mol. The average Bonchev–Trinajstić information content (AvgIpc) is 2.94. The van der Waals surface area contributed by atoms with E-state index in [9.17, 15) is 4.79 Å². The second-order valence-corrected chi connectivity index (χ2v) is 6.57. The van der Waals surface area contributed by atoms with Gasteiger partial charge in [0, 0.05) is 44.3 Å². The monoisotopic (exact) mass is 324 g/mol. The Morgan fingerprint density at radius 1 is 1.04 bits per heavy atom. The van der Waals surface area contributed by atoms with E-state index in [1.54, 1.807) is 31.0 Å². The second kappa shape index (κ2) is 6.14. The first-order chi connectivity index (χ1) is 11.7. The smallest absolute Gasteiger partial charge is 0.274 e. The van der Waals surface area contributed by atoms with E-state index in [0.717, 1.165) is 44.0 Å². The summed E-state index contributed by atoms with van der Waals surface area (Å²) in [6, 6.07) is 0.182. The van der Waals surface area contributed by atoms with Gasteiger partial charge in [0.1, 0.15) is 11.5 Å². The number of hydrogen-bond donors (Lipinski definition) is 0. The van der Waals surface area contributed by atoms with Gasteiger partial charge < -0.3 is 9.80 Å². The molecule has 0 aromatic carbocycles. The fraction of sp³-hybridized carbons (Fsp3) is 0.471. The molecule has 5 heterocycles. The van der Waals surface area contributed by atoms with Gasteiger partial charge in [0.25, 0.3) is 5.91 Å². The van der Waals surface area contributed by atoms with Crippen LogP contribution in [0.1, 0.15) is 29.0 Å². The lowest BCUT2D eigenvalue weighted by Gasteiger charge is -2.35. The van der Waals surface area contributed by atoms with E-state index >= 15 is 0 Å². The van der Waals surface area contributed by atoms with Crippen molar-refractivity contribution in [2.24, 2.45) is 5.92 Å². The van der Waals surface area contributed by atoms with Crippen LogP contribution in [0.2, 0.25) is 0 Å². The van der Waals surface area contributed by atoms with Crippen LogP contribution < -0.4 is 4.90 Å². The Balaban J connectivity index is 1.56. The van der Waals surface area contributed by atoms with Gasteiger partial charge >= 0.3 is 0 Å². The molecular weight excluding hydrogens is 304 g/mol. The molecule has 0 spiro atoms. The zero-order valence-corrected chi connectivity index (χ0v) is 13.7. The number of aryl methyl sites for hydroxylation is 1. The van der Waals surface area contributed by atoms with Crippen LogP contribution in [0, 0.1) is 12.8 Å².